The van der Waals surface area contributed by atoms with Crippen molar-refractivity contribution in [1.82, 2.24) is 29.3 Å². The molecule has 6 heteroatoms. The normalized spacial score (nSPS) is 12.0. The van der Waals surface area contributed by atoms with Crippen molar-refractivity contribution in [3.8, 4) is 0 Å². The van der Waals surface area contributed by atoms with Gasteiger partial charge in [-0.15, -0.1) is 0 Å². The Morgan fingerprint density at radius 1 is 0.697 bits per heavy atom. The van der Waals surface area contributed by atoms with Crippen LogP contribution in [0.5, 0.6) is 0 Å². The second-order valence-electron chi connectivity index (χ2n) is 12.7. The zero-order chi connectivity index (χ0) is 25.4. The van der Waals surface area contributed by atoms with E-state index in [0.29, 0.717) is 16.2 Å². The lowest BCUT2D eigenvalue weighted by Gasteiger charge is -2.18. The second kappa shape index (κ2) is 11.7. The summed E-state index contributed by atoms with van der Waals surface area (Å²) in [5.41, 5.74) is 4.51. The molecule has 0 N–H and O–H groups in total. The lowest BCUT2D eigenvalue weighted by Crippen LogP contribution is -2.17. The van der Waals surface area contributed by atoms with Crippen LogP contribution in [0.3, 0.4) is 0 Å². The van der Waals surface area contributed by atoms with Crippen LogP contribution in [0.2, 0.25) is 0 Å². The summed E-state index contributed by atoms with van der Waals surface area (Å²) in [6.07, 6.45) is 7.85. The molecule has 0 aliphatic rings. The van der Waals surface area contributed by atoms with Gasteiger partial charge in [-0.2, -0.15) is 15.3 Å². The molecule has 0 radical (unpaired) electrons. The van der Waals surface area contributed by atoms with Crippen molar-refractivity contribution in [1.29, 1.82) is 0 Å². The van der Waals surface area contributed by atoms with Crippen LogP contribution in [0, 0.1) is 37.0 Å². The summed E-state index contributed by atoms with van der Waals surface area (Å²) in [4.78, 5) is 0. The highest BCUT2D eigenvalue weighted by atomic mass is 15.3. The predicted octanol–water partition coefficient (Wildman–Crippen LogP) is 6.71. The van der Waals surface area contributed by atoms with Gasteiger partial charge in [0.25, 0.3) is 0 Å². The van der Waals surface area contributed by atoms with Crippen molar-refractivity contribution in [3.63, 3.8) is 0 Å². The van der Waals surface area contributed by atoms with E-state index in [0.717, 1.165) is 25.3 Å². The Kier molecular flexibility index (Phi) is 10.1. The molecule has 0 amide bonds. The minimum atomic E-state index is 0.316. The summed E-state index contributed by atoms with van der Waals surface area (Å²) >= 11 is 0. The van der Waals surface area contributed by atoms with Gasteiger partial charge >= 0.3 is 0 Å². The molecule has 3 rings (SSSR count). The highest BCUT2D eigenvalue weighted by molar-refractivity contribution is 4.99. The van der Waals surface area contributed by atoms with E-state index in [1.165, 1.54) is 11.3 Å². The van der Waals surface area contributed by atoms with Gasteiger partial charge in [-0.1, -0.05) is 62.3 Å². The first-order chi connectivity index (χ1) is 14.9. The zero-order valence-corrected chi connectivity index (χ0v) is 23.3. The maximum atomic E-state index is 4.31. The summed E-state index contributed by atoms with van der Waals surface area (Å²) < 4.78 is 6.03. The van der Waals surface area contributed by atoms with Crippen LogP contribution >= 0.6 is 0 Å². The first kappa shape index (κ1) is 28.7. The molecule has 0 saturated carbocycles. The largest absolute Gasteiger partial charge is 0.272 e. The number of hydrogen-bond acceptors (Lipinski definition) is 3. The summed E-state index contributed by atoms with van der Waals surface area (Å²) in [5.74, 6) is 0. The molecule has 3 aromatic rings. The zero-order valence-electron chi connectivity index (χ0n) is 23.3. The molecule has 0 spiro atoms. The quantitative estimate of drug-likeness (QED) is 0.440. The standard InChI is InChI=1S/3C9H16N2/c1-8-5-10-11(6-8)7-9(2,3)4;1-8-5-6-11(10-8)7-9(2,3)4;1-8-5-6-10-11(8)7-9(2,3)4/h3*5-6H,7H2,1-4H3. The lowest BCUT2D eigenvalue weighted by atomic mass is 9.97. The smallest absolute Gasteiger partial charge is 0.0593 e. The summed E-state index contributed by atoms with van der Waals surface area (Å²) in [7, 11) is 0. The van der Waals surface area contributed by atoms with Crippen LogP contribution in [0.15, 0.2) is 36.9 Å². The molecule has 0 aliphatic heterocycles. The molecule has 186 valence electrons. The van der Waals surface area contributed by atoms with Crippen LogP contribution in [-0.2, 0) is 19.6 Å². The third-order valence-electron chi connectivity index (χ3n) is 4.36. The minimum Gasteiger partial charge on any atom is -0.272 e. The average molecular weight is 457 g/mol. The van der Waals surface area contributed by atoms with Crippen molar-refractivity contribution < 1.29 is 0 Å². The molecule has 0 saturated heterocycles. The fraction of sp³-hybridized carbons (Fsp3) is 0.667. The summed E-state index contributed by atoms with van der Waals surface area (Å²) in [6, 6.07) is 4.07. The highest BCUT2D eigenvalue weighted by Crippen LogP contribution is 2.17. The highest BCUT2D eigenvalue weighted by Gasteiger charge is 2.12. The van der Waals surface area contributed by atoms with Gasteiger partial charge in [-0.3, -0.25) is 14.0 Å². The molecule has 0 bridgehead atoms. The number of aromatic nitrogens is 6. The number of hydrogen-bond donors (Lipinski definition) is 0. The third kappa shape index (κ3) is 13.7. The van der Waals surface area contributed by atoms with E-state index in [2.05, 4.69) is 97.7 Å². The van der Waals surface area contributed by atoms with Crippen molar-refractivity contribution in [3.05, 3.63) is 53.9 Å². The van der Waals surface area contributed by atoms with Crippen LogP contribution in [0.4, 0.5) is 0 Å². The van der Waals surface area contributed by atoms with Gasteiger partial charge in [-0.05, 0) is 54.7 Å². The van der Waals surface area contributed by atoms with E-state index >= 15 is 0 Å². The monoisotopic (exact) mass is 456 g/mol. The van der Waals surface area contributed by atoms with Gasteiger partial charge in [0, 0.05) is 43.9 Å². The van der Waals surface area contributed by atoms with Gasteiger partial charge in [0.15, 0.2) is 0 Å². The van der Waals surface area contributed by atoms with Crippen molar-refractivity contribution in [2.45, 2.75) is 103 Å². The van der Waals surface area contributed by atoms with Gasteiger partial charge < -0.3 is 0 Å². The fourth-order valence-electron chi connectivity index (χ4n) is 3.09. The molecule has 6 nitrogen and oxygen atoms in total. The minimum absolute atomic E-state index is 0.316. The molecular weight excluding hydrogens is 408 g/mol. The Labute approximate surface area is 202 Å². The number of rotatable bonds is 3. The van der Waals surface area contributed by atoms with Gasteiger partial charge in [0.1, 0.15) is 0 Å². The molecule has 0 aliphatic carbocycles. The second-order valence-corrected chi connectivity index (χ2v) is 12.7. The molecular formula is C27H48N6. The summed E-state index contributed by atoms with van der Waals surface area (Å²) in [5, 5.41) is 12.7. The Bertz CT molecular complexity index is 886. The first-order valence-corrected chi connectivity index (χ1v) is 11.9. The van der Waals surface area contributed by atoms with E-state index in [1.807, 2.05) is 51.7 Å². The van der Waals surface area contributed by atoms with E-state index in [-0.39, 0.29) is 0 Å². The fourth-order valence-corrected chi connectivity index (χ4v) is 3.09. The van der Waals surface area contributed by atoms with Crippen LogP contribution in [0.25, 0.3) is 0 Å². The Morgan fingerprint density at radius 2 is 1.24 bits per heavy atom. The maximum absolute atomic E-state index is 4.31. The van der Waals surface area contributed by atoms with Crippen LogP contribution in [0.1, 0.15) is 79.3 Å². The van der Waals surface area contributed by atoms with Crippen molar-refractivity contribution in [2.24, 2.45) is 16.2 Å². The van der Waals surface area contributed by atoms with Crippen LogP contribution < -0.4 is 0 Å². The summed E-state index contributed by atoms with van der Waals surface area (Å²) in [6.45, 7) is 29.0. The predicted molar refractivity (Wildman–Crippen MR) is 139 cm³/mol. The molecule has 0 atom stereocenters. The van der Waals surface area contributed by atoms with E-state index in [4.69, 9.17) is 0 Å². The lowest BCUT2D eigenvalue weighted by molar-refractivity contribution is 0.321. The Hall–Kier alpha value is -2.37. The molecule has 3 aromatic heterocycles. The number of aryl methyl sites for hydroxylation is 3. The molecule has 33 heavy (non-hydrogen) atoms. The average Bonchev–Trinajstić information content (AvgIpc) is 3.29. The van der Waals surface area contributed by atoms with Crippen molar-refractivity contribution in [2.75, 3.05) is 0 Å². The Morgan fingerprint density at radius 3 is 1.61 bits per heavy atom. The van der Waals surface area contributed by atoms with E-state index in [9.17, 15) is 0 Å². The number of nitrogens with zero attached hydrogens (tertiary/aromatic N) is 6. The van der Waals surface area contributed by atoms with Gasteiger partial charge in [0.2, 0.25) is 0 Å². The molecule has 3 heterocycles. The topological polar surface area (TPSA) is 53.5 Å². The van der Waals surface area contributed by atoms with Gasteiger partial charge in [-0.25, -0.2) is 0 Å². The molecule has 0 unspecified atom stereocenters. The third-order valence-corrected chi connectivity index (χ3v) is 4.36. The van der Waals surface area contributed by atoms with Gasteiger partial charge in [0.05, 0.1) is 11.9 Å². The molecule has 0 fully saturated rings. The van der Waals surface area contributed by atoms with Crippen LogP contribution in [-0.4, -0.2) is 29.3 Å². The first-order valence-electron chi connectivity index (χ1n) is 11.9. The van der Waals surface area contributed by atoms with Crippen molar-refractivity contribution >= 4 is 0 Å². The Balaban J connectivity index is 0.000000247. The SMILES string of the molecule is Cc1ccn(CC(C)(C)C)n1.Cc1ccnn1CC(C)(C)C.Cc1cnn(CC(C)(C)C)c1. The maximum Gasteiger partial charge on any atom is 0.0593 e. The van der Waals surface area contributed by atoms with E-state index < -0.39 is 0 Å². The van der Waals surface area contributed by atoms with E-state index in [1.54, 1.807) is 0 Å². The molecule has 0 aromatic carbocycles.